The Morgan fingerprint density at radius 2 is 2.09 bits per heavy atom. The Balaban J connectivity index is 1.77. The fourth-order valence-electron chi connectivity index (χ4n) is 2.64. The Labute approximate surface area is 135 Å². The molecule has 1 saturated heterocycles. The van der Waals surface area contributed by atoms with E-state index in [4.69, 9.17) is 4.74 Å². The summed E-state index contributed by atoms with van der Waals surface area (Å²) in [6.07, 6.45) is 4.48. The van der Waals surface area contributed by atoms with Gasteiger partial charge in [0, 0.05) is 18.9 Å². The summed E-state index contributed by atoms with van der Waals surface area (Å²) >= 11 is 0. The number of nitrogens with one attached hydrogen (secondary N) is 1. The van der Waals surface area contributed by atoms with Crippen LogP contribution in [0, 0.1) is 0 Å². The molecule has 1 aromatic heterocycles. The van der Waals surface area contributed by atoms with Gasteiger partial charge in [-0.05, 0) is 24.1 Å². The van der Waals surface area contributed by atoms with Gasteiger partial charge in [0.15, 0.2) is 0 Å². The van der Waals surface area contributed by atoms with Crippen LogP contribution in [0.3, 0.4) is 0 Å². The number of hydrogen-bond donors (Lipinski definition) is 1. The molecular weight excluding hydrogens is 295 g/mol. The average molecular weight is 316 g/mol. The summed E-state index contributed by atoms with van der Waals surface area (Å²) in [7, 11) is 0. The van der Waals surface area contributed by atoms with Gasteiger partial charge in [-0.25, -0.2) is 14.4 Å². The topological polar surface area (TPSA) is 50.3 Å². The highest BCUT2D eigenvalue weighted by Gasteiger charge is 2.21. The molecule has 3 rings (SSSR count). The smallest absolute Gasteiger partial charge is 0.227 e. The van der Waals surface area contributed by atoms with Gasteiger partial charge in [0.1, 0.15) is 0 Å². The van der Waals surface area contributed by atoms with Gasteiger partial charge in [-0.3, -0.25) is 0 Å². The van der Waals surface area contributed by atoms with Crippen LogP contribution in [0.2, 0.25) is 0 Å². The number of para-hydroxylation sites is 2. The number of benzene rings is 1. The standard InChI is InChI=1S/C17H21FN4O/c1-2-5-13-10-19-17(20-11-13)21-14-6-3-4-7-15(14)22-8-9-23-16(18)12-22/h3-4,6-7,10-11,16H,2,5,8-9,12H2,1H3,(H,19,20,21). The van der Waals surface area contributed by atoms with Crippen molar-refractivity contribution in [1.29, 1.82) is 0 Å². The molecule has 5 nitrogen and oxygen atoms in total. The third kappa shape index (κ3) is 3.96. The second kappa shape index (κ2) is 7.37. The second-order valence-electron chi connectivity index (χ2n) is 5.53. The van der Waals surface area contributed by atoms with Gasteiger partial charge < -0.3 is 15.0 Å². The number of anilines is 3. The largest absolute Gasteiger partial charge is 0.362 e. The first kappa shape index (κ1) is 15.7. The first-order chi connectivity index (χ1) is 11.3. The molecule has 2 heterocycles. The molecule has 1 N–H and O–H groups in total. The lowest BCUT2D eigenvalue weighted by Crippen LogP contribution is -2.40. The zero-order valence-corrected chi connectivity index (χ0v) is 13.2. The van der Waals surface area contributed by atoms with Gasteiger partial charge in [-0.2, -0.15) is 0 Å². The maximum atomic E-state index is 13.5. The Kier molecular flexibility index (Phi) is 5.02. The molecule has 1 unspecified atom stereocenters. The predicted octanol–water partition coefficient (Wildman–Crippen LogP) is 3.30. The van der Waals surface area contributed by atoms with E-state index >= 15 is 0 Å². The van der Waals surface area contributed by atoms with Crippen molar-refractivity contribution < 1.29 is 9.13 Å². The Morgan fingerprint density at radius 1 is 1.30 bits per heavy atom. The normalized spacial score (nSPS) is 18.0. The van der Waals surface area contributed by atoms with Crippen molar-refractivity contribution in [2.24, 2.45) is 0 Å². The van der Waals surface area contributed by atoms with Gasteiger partial charge in [-0.15, -0.1) is 0 Å². The van der Waals surface area contributed by atoms with Crippen LogP contribution >= 0.6 is 0 Å². The summed E-state index contributed by atoms with van der Waals surface area (Å²) in [5.41, 5.74) is 2.92. The van der Waals surface area contributed by atoms with Crippen molar-refractivity contribution in [2.75, 3.05) is 29.9 Å². The highest BCUT2D eigenvalue weighted by atomic mass is 19.1. The van der Waals surface area contributed by atoms with Crippen LogP contribution < -0.4 is 10.2 Å². The highest BCUT2D eigenvalue weighted by molar-refractivity contribution is 5.73. The van der Waals surface area contributed by atoms with Crippen molar-refractivity contribution >= 4 is 17.3 Å². The number of rotatable bonds is 5. The van der Waals surface area contributed by atoms with Crippen LogP contribution in [0.1, 0.15) is 18.9 Å². The Morgan fingerprint density at radius 3 is 2.83 bits per heavy atom. The molecule has 1 aliphatic rings. The minimum Gasteiger partial charge on any atom is -0.362 e. The Hall–Kier alpha value is -2.21. The van der Waals surface area contributed by atoms with Gasteiger partial charge in [-0.1, -0.05) is 25.5 Å². The number of alkyl halides is 1. The van der Waals surface area contributed by atoms with Crippen molar-refractivity contribution in [3.63, 3.8) is 0 Å². The molecule has 0 aliphatic carbocycles. The molecule has 23 heavy (non-hydrogen) atoms. The lowest BCUT2D eigenvalue weighted by Gasteiger charge is -2.32. The molecule has 0 saturated carbocycles. The van der Waals surface area contributed by atoms with Gasteiger partial charge in [0.2, 0.25) is 12.3 Å². The monoisotopic (exact) mass is 316 g/mol. The summed E-state index contributed by atoms with van der Waals surface area (Å²) in [4.78, 5) is 10.7. The number of nitrogens with zero attached hydrogens (tertiary/aromatic N) is 3. The average Bonchev–Trinajstić information content (AvgIpc) is 2.57. The van der Waals surface area contributed by atoms with Crippen LogP contribution in [0.15, 0.2) is 36.7 Å². The van der Waals surface area contributed by atoms with Gasteiger partial charge in [0.05, 0.1) is 24.5 Å². The molecular formula is C17H21FN4O. The highest BCUT2D eigenvalue weighted by Crippen LogP contribution is 2.29. The van der Waals surface area contributed by atoms with E-state index in [9.17, 15) is 4.39 Å². The van der Waals surface area contributed by atoms with Crippen molar-refractivity contribution in [3.8, 4) is 0 Å². The molecule has 1 fully saturated rings. The zero-order chi connectivity index (χ0) is 16.1. The first-order valence-corrected chi connectivity index (χ1v) is 7.94. The van der Waals surface area contributed by atoms with Crippen LogP contribution in [-0.4, -0.2) is 36.0 Å². The maximum absolute atomic E-state index is 13.5. The van der Waals surface area contributed by atoms with Crippen LogP contribution in [0.5, 0.6) is 0 Å². The van der Waals surface area contributed by atoms with Crippen LogP contribution in [0.25, 0.3) is 0 Å². The SMILES string of the molecule is CCCc1cnc(Nc2ccccc2N2CCOC(F)C2)nc1. The molecule has 6 heteroatoms. The first-order valence-electron chi connectivity index (χ1n) is 7.94. The molecule has 1 aliphatic heterocycles. The number of aromatic nitrogens is 2. The molecule has 0 spiro atoms. The van der Waals surface area contributed by atoms with Gasteiger partial charge in [0.25, 0.3) is 0 Å². The minimum absolute atomic E-state index is 0.231. The quantitative estimate of drug-likeness (QED) is 0.917. The van der Waals surface area contributed by atoms with E-state index in [0.717, 1.165) is 29.8 Å². The molecule has 1 atom stereocenters. The van der Waals surface area contributed by atoms with Crippen LogP contribution in [-0.2, 0) is 11.2 Å². The van der Waals surface area contributed by atoms with E-state index in [-0.39, 0.29) is 6.54 Å². The molecule has 122 valence electrons. The van der Waals surface area contributed by atoms with E-state index in [1.807, 2.05) is 41.6 Å². The van der Waals surface area contributed by atoms with Crippen molar-refractivity contribution in [2.45, 2.75) is 26.1 Å². The third-order valence-corrected chi connectivity index (χ3v) is 3.76. The summed E-state index contributed by atoms with van der Waals surface area (Å²) < 4.78 is 18.5. The number of hydrogen-bond acceptors (Lipinski definition) is 5. The maximum Gasteiger partial charge on any atom is 0.227 e. The van der Waals surface area contributed by atoms with E-state index in [2.05, 4.69) is 22.2 Å². The molecule has 1 aromatic carbocycles. The van der Waals surface area contributed by atoms with Crippen molar-refractivity contribution in [3.05, 3.63) is 42.2 Å². The molecule has 0 bridgehead atoms. The van der Waals surface area contributed by atoms with Crippen LogP contribution in [0.4, 0.5) is 21.7 Å². The second-order valence-corrected chi connectivity index (χ2v) is 5.53. The number of morpholine rings is 1. The van der Waals surface area contributed by atoms with E-state index < -0.39 is 6.36 Å². The number of halogens is 1. The van der Waals surface area contributed by atoms with E-state index in [1.165, 1.54) is 0 Å². The van der Waals surface area contributed by atoms with E-state index in [1.54, 1.807) is 0 Å². The summed E-state index contributed by atoms with van der Waals surface area (Å²) in [5, 5.41) is 3.23. The van der Waals surface area contributed by atoms with E-state index in [0.29, 0.717) is 19.1 Å². The Bertz CT molecular complexity index is 635. The molecule has 0 radical (unpaired) electrons. The third-order valence-electron chi connectivity index (χ3n) is 3.76. The minimum atomic E-state index is -1.25. The van der Waals surface area contributed by atoms with Gasteiger partial charge >= 0.3 is 0 Å². The zero-order valence-electron chi connectivity index (χ0n) is 13.2. The fourth-order valence-corrected chi connectivity index (χ4v) is 2.64. The lowest BCUT2D eigenvalue weighted by atomic mass is 10.2. The number of aryl methyl sites for hydroxylation is 1. The fraction of sp³-hybridized carbons (Fsp3) is 0.412. The summed E-state index contributed by atoms with van der Waals surface area (Å²) in [6.45, 7) is 3.41. The number of ether oxygens (including phenoxy) is 1. The lowest BCUT2D eigenvalue weighted by molar-refractivity contribution is -0.0464. The predicted molar refractivity (Wildman–Crippen MR) is 88.8 cm³/mol. The molecule has 2 aromatic rings. The summed E-state index contributed by atoms with van der Waals surface area (Å²) in [6, 6.07) is 7.78. The summed E-state index contributed by atoms with van der Waals surface area (Å²) in [5.74, 6) is 0.544. The molecule has 0 amide bonds. The van der Waals surface area contributed by atoms with Crippen molar-refractivity contribution in [1.82, 2.24) is 9.97 Å².